The van der Waals surface area contributed by atoms with Gasteiger partial charge in [0.25, 0.3) is 0 Å². The fourth-order valence-electron chi connectivity index (χ4n) is 0.773. The maximum absolute atomic E-state index is 10.2. The molecule has 0 amide bonds. The minimum Gasteiger partial charge on any atom is -0.280 e. The molecule has 0 unspecified atom stereocenters. The van der Waals surface area contributed by atoms with Gasteiger partial charge in [-0.2, -0.15) is 0 Å². The molecule has 0 bridgehead atoms. The molecular weight excluding hydrogens is 275 g/mol. The Morgan fingerprint density at radius 3 is 1.59 bits per heavy atom. The minimum absolute atomic E-state index is 0.0957. The van der Waals surface area contributed by atoms with Crippen molar-refractivity contribution in [2.75, 3.05) is 5.88 Å². The van der Waals surface area contributed by atoms with Crippen LogP contribution in [0.4, 0.5) is 11.4 Å². The van der Waals surface area contributed by atoms with Crippen LogP contribution in [0.1, 0.15) is 0 Å². The molecule has 7 nitrogen and oxygen atoms in total. The van der Waals surface area contributed by atoms with Gasteiger partial charge in [-0.3, -0.25) is 25.0 Å². The fraction of sp³-hybridized carbons (Fsp3) is 0.125. The molecule has 1 aromatic rings. The van der Waals surface area contributed by atoms with E-state index in [2.05, 4.69) is 0 Å². The van der Waals surface area contributed by atoms with Crippen LogP contribution in [0, 0.1) is 20.2 Å². The van der Waals surface area contributed by atoms with E-state index in [-0.39, 0.29) is 5.88 Å². The number of nitrogens with zero attached hydrogens (tertiary/aromatic N) is 2. The molecule has 17 heavy (non-hydrogen) atoms. The van der Waals surface area contributed by atoms with Crippen LogP contribution in [0.3, 0.4) is 0 Å². The van der Waals surface area contributed by atoms with Gasteiger partial charge in [-0.25, -0.2) is 0 Å². The van der Waals surface area contributed by atoms with Crippen molar-refractivity contribution >= 4 is 39.8 Å². The highest BCUT2D eigenvalue weighted by molar-refractivity contribution is 6.67. The normalized spacial score (nSPS) is 8.82. The highest BCUT2D eigenvalue weighted by Gasteiger charge is 2.21. The van der Waals surface area contributed by atoms with E-state index in [1.807, 2.05) is 0 Å². The molecule has 92 valence electrons. The molecule has 0 aliphatic heterocycles. The maximum Gasteiger partial charge on any atom is 0.346 e. The predicted molar refractivity (Wildman–Crippen MR) is 61.3 cm³/mol. The van der Waals surface area contributed by atoms with E-state index in [1.54, 1.807) is 0 Å². The van der Waals surface area contributed by atoms with Gasteiger partial charge >= 0.3 is 11.4 Å². The van der Waals surface area contributed by atoms with Gasteiger partial charge in [0.2, 0.25) is 5.24 Å². The number of carbonyl (C=O) groups excluding carboxylic acids is 1. The van der Waals surface area contributed by atoms with Crippen LogP contribution < -0.4 is 0 Å². The maximum atomic E-state index is 10.2. The monoisotopic (exact) mass is 280 g/mol. The zero-order valence-electron chi connectivity index (χ0n) is 8.21. The molecule has 0 fully saturated rings. The van der Waals surface area contributed by atoms with Crippen LogP contribution in [0.15, 0.2) is 24.3 Å². The summed E-state index contributed by atoms with van der Waals surface area (Å²) in [7, 11) is 0. The van der Waals surface area contributed by atoms with Crippen molar-refractivity contribution in [3.05, 3.63) is 44.5 Å². The van der Waals surface area contributed by atoms with Gasteiger partial charge in [0, 0.05) is 12.1 Å². The molecule has 0 aliphatic carbocycles. The number of halogens is 2. The molecule has 0 spiro atoms. The summed E-state index contributed by atoms with van der Waals surface area (Å²) >= 11 is 9.55. The van der Waals surface area contributed by atoms with Crippen molar-refractivity contribution in [1.82, 2.24) is 0 Å². The minimum atomic E-state index is -0.780. The van der Waals surface area contributed by atoms with Crippen LogP contribution in [0.25, 0.3) is 0 Å². The highest BCUT2D eigenvalue weighted by atomic mass is 35.5. The van der Waals surface area contributed by atoms with E-state index < -0.39 is 26.5 Å². The van der Waals surface area contributed by atoms with E-state index in [0.717, 1.165) is 12.1 Å². The number of para-hydroxylation sites is 2. The van der Waals surface area contributed by atoms with Gasteiger partial charge < -0.3 is 0 Å². The van der Waals surface area contributed by atoms with E-state index in [0.29, 0.717) is 0 Å². The van der Waals surface area contributed by atoms with Gasteiger partial charge in [0.15, 0.2) is 0 Å². The first-order chi connectivity index (χ1) is 7.90. The van der Waals surface area contributed by atoms with Crippen molar-refractivity contribution in [3.8, 4) is 0 Å². The van der Waals surface area contributed by atoms with Gasteiger partial charge in [0.05, 0.1) is 15.7 Å². The quantitative estimate of drug-likeness (QED) is 0.366. The molecule has 0 N–H and O–H groups in total. The predicted octanol–water partition coefficient (Wildman–Crippen LogP) is 2.49. The Hall–Kier alpha value is -1.73. The lowest BCUT2D eigenvalue weighted by Crippen LogP contribution is -1.95. The molecule has 0 heterocycles. The molecule has 0 saturated carbocycles. The summed E-state index contributed by atoms with van der Waals surface area (Å²) in [6, 6.07) is 4.95. The fourth-order valence-corrected chi connectivity index (χ4v) is 0.773. The second-order valence-corrected chi connectivity index (χ2v) is 3.18. The molecule has 1 rings (SSSR count). The van der Waals surface area contributed by atoms with Crippen molar-refractivity contribution < 1.29 is 14.6 Å². The summed E-state index contributed by atoms with van der Waals surface area (Å²) in [4.78, 5) is 28.3. The number of hydrogen-bond donors (Lipinski definition) is 0. The lowest BCUT2D eigenvalue weighted by Gasteiger charge is -1.91. The molecule has 0 aromatic heterocycles. The molecule has 1 aromatic carbocycles. The van der Waals surface area contributed by atoms with E-state index in [4.69, 9.17) is 23.2 Å². The summed E-state index contributed by atoms with van der Waals surface area (Å²) in [6.45, 7) is 0. The molecular formula is C8H6Cl2N2O5. The van der Waals surface area contributed by atoms with Crippen molar-refractivity contribution in [2.24, 2.45) is 0 Å². The second-order valence-electron chi connectivity index (χ2n) is 2.49. The summed E-state index contributed by atoms with van der Waals surface area (Å²) in [6.07, 6.45) is 0. The Bertz CT molecular complexity index is 405. The van der Waals surface area contributed by atoms with Crippen molar-refractivity contribution in [3.63, 3.8) is 0 Å². The lowest BCUT2D eigenvalue weighted by atomic mass is 10.3. The summed E-state index contributed by atoms with van der Waals surface area (Å²) in [5, 5.41) is 19.9. The number of hydrogen-bond acceptors (Lipinski definition) is 5. The summed E-state index contributed by atoms with van der Waals surface area (Å²) in [5.74, 6) is -0.0957. The molecule has 0 saturated heterocycles. The van der Waals surface area contributed by atoms with E-state index >= 15 is 0 Å². The van der Waals surface area contributed by atoms with Gasteiger partial charge in [-0.05, 0) is 11.6 Å². The zero-order valence-corrected chi connectivity index (χ0v) is 9.72. The average molecular weight is 281 g/mol. The molecule has 0 radical (unpaired) electrons. The average Bonchev–Trinajstić information content (AvgIpc) is 2.29. The molecule has 9 heteroatoms. The lowest BCUT2D eigenvalue weighted by molar-refractivity contribution is -0.422. The number of carbonyl (C=O) groups is 1. The first-order valence-corrected chi connectivity index (χ1v) is 4.93. The van der Waals surface area contributed by atoms with Crippen LogP contribution in [-0.2, 0) is 4.79 Å². The van der Waals surface area contributed by atoms with Crippen molar-refractivity contribution in [2.45, 2.75) is 0 Å². The Balaban J connectivity index is 0.000000437. The summed E-state index contributed by atoms with van der Waals surface area (Å²) in [5.41, 5.74) is -0.968. The third kappa shape index (κ3) is 5.79. The van der Waals surface area contributed by atoms with E-state index in [9.17, 15) is 25.0 Å². The smallest absolute Gasteiger partial charge is 0.280 e. The number of alkyl halides is 1. The zero-order chi connectivity index (χ0) is 13.4. The largest absolute Gasteiger partial charge is 0.346 e. The van der Waals surface area contributed by atoms with Gasteiger partial charge in [-0.15, -0.1) is 11.6 Å². The Morgan fingerprint density at radius 2 is 1.41 bits per heavy atom. The number of nitro benzene ring substituents is 2. The number of rotatable bonds is 3. The summed E-state index contributed by atoms with van der Waals surface area (Å²) < 4.78 is 0. The van der Waals surface area contributed by atoms with Crippen molar-refractivity contribution in [1.29, 1.82) is 0 Å². The van der Waals surface area contributed by atoms with Crippen LogP contribution in [0.2, 0.25) is 0 Å². The van der Waals surface area contributed by atoms with Gasteiger partial charge in [0.1, 0.15) is 0 Å². The third-order valence-corrected chi connectivity index (χ3v) is 1.89. The number of nitro groups is 2. The van der Waals surface area contributed by atoms with Crippen LogP contribution in [-0.4, -0.2) is 21.0 Å². The van der Waals surface area contributed by atoms with Gasteiger partial charge in [-0.1, -0.05) is 12.1 Å². The Labute approximate surface area is 105 Å². The van der Waals surface area contributed by atoms with Crippen LogP contribution in [0.5, 0.6) is 0 Å². The second kappa shape index (κ2) is 7.53. The SMILES string of the molecule is O=C(Cl)CCl.O=[N+]([O-])c1ccccc1[N+](=O)[O-]. The third-order valence-electron chi connectivity index (χ3n) is 1.38. The topological polar surface area (TPSA) is 103 Å². The number of benzene rings is 1. The van der Waals surface area contributed by atoms with E-state index in [1.165, 1.54) is 12.1 Å². The first-order valence-electron chi connectivity index (χ1n) is 4.02. The first kappa shape index (κ1) is 15.3. The Kier molecular flexibility index (Phi) is 6.76. The standard InChI is InChI=1S/C6H4N2O4.C2H2Cl2O/c9-7(10)5-3-1-2-4-6(5)8(11)12;3-1-2(4)5/h1-4H;1H2. The molecule has 0 atom stereocenters. The highest BCUT2D eigenvalue weighted by Crippen LogP contribution is 2.24. The molecule has 0 aliphatic rings. The Morgan fingerprint density at radius 1 is 1.12 bits per heavy atom. The van der Waals surface area contributed by atoms with Crippen LogP contribution >= 0.6 is 23.2 Å².